The van der Waals surface area contributed by atoms with E-state index in [9.17, 15) is 4.79 Å². The summed E-state index contributed by atoms with van der Waals surface area (Å²) in [6.45, 7) is 4.45. The number of esters is 1. The number of hydrogen-bond acceptors (Lipinski definition) is 2. The fourth-order valence-corrected chi connectivity index (χ4v) is 0.850. The highest BCUT2D eigenvalue weighted by atomic mass is 16.5. The zero-order valence-corrected chi connectivity index (χ0v) is 7.33. The summed E-state index contributed by atoms with van der Waals surface area (Å²) in [5, 5.41) is 0. The van der Waals surface area contributed by atoms with Crippen LogP contribution in [-0.4, -0.2) is 12.6 Å². The molecule has 1 aliphatic heterocycles. The topological polar surface area (TPSA) is 26.3 Å². The molecule has 12 heavy (non-hydrogen) atoms. The van der Waals surface area contributed by atoms with Crippen LogP contribution in [0.1, 0.15) is 13.8 Å². The van der Waals surface area contributed by atoms with E-state index in [1.807, 2.05) is 32.1 Å². The van der Waals surface area contributed by atoms with Crippen LogP contribution >= 0.6 is 0 Å². The summed E-state index contributed by atoms with van der Waals surface area (Å²) in [5.74, 6) is -0.244. The first-order chi connectivity index (χ1) is 5.68. The third-order valence-corrected chi connectivity index (χ3v) is 1.42. The Labute approximate surface area is 72.2 Å². The van der Waals surface area contributed by atoms with Gasteiger partial charge in [0.25, 0.3) is 0 Å². The fourth-order valence-electron chi connectivity index (χ4n) is 0.850. The monoisotopic (exact) mass is 164 g/mol. The molecule has 0 bridgehead atoms. The Hall–Kier alpha value is -1.31. The van der Waals surface area contributed by atoms with Gasteiger partial charge in [-0.1, -0.05) is 23.8 Å². The van der Waals surface area contributed by atoms with Gasteiger partial charge in [-0.15, -0.1) is 0 Å². The van der Waals surface area contributed by atoms with Gasteiger partial charge in [0, 0.05) is 6.08 Å². The lowest BCUT2D eigenvalue weighted by Gasteiger charge is -1.89. The number of rotatable bonds is 2. The van der Waals surface area contributed by atoms with E-state index in [0.29, 0.717) is 6.61 Å². The first kappa shape index (κ1) is 8.78. The molecule has 0 atom stereocenters. The van der Waals surface area contributed by atoms with E-state index in [1.165, 1.54) is 11.6 Å². The van der Waals surface area contributed by atoms with Crippen LogP contribution in [0.25, 0.3) is 0 Å². The van der Waals surface area contributed by atoms with Crippen molar-refractivity contribution in [3.8, 4) is 0 Å². The van der Waals surface area contributed by atoms with Crippen LogP contribution in [0, 0.1) is 0 Å². The van der Waals surface area contributed by atoms with Crippen molar-refractivity contribution in [1.82, 2.24) is 0 Å². The molecular formula is C10H12O2. The molecule has 0 radical (unpaired) electrons. The maximum absolute atomic E-state index is 10.6. The molecule has 0 aromatic heterocycles. The van der Waals surface area contributed by atoms with Gasteiger partial charge >= 0.3 is 5.97 Å². The van der Waals surface area contributed by atoms with Crippen molar-refractivity contribution < 1.29 is 9.53 Å². The van der Waals surface area contributed by atoms with Gasteiger partial charge in [0.1, 0.15) is 6.61 Å². The van der Waals surface area contributed by atoms with Gasteiger partial charge < -0.3 is 4.74 Å². The SMILES string of the molecule is CC(C)=C/C=C\C1=CC(=O)OC1. The van der Waals surface area contributed by atoms with Gasteiger partial charge in [0.2, 0.25) is 0 Å². The molecular weight excluding hydrogens is 152 g/mol. The Bertz CT molecular complexity index is 266. The second kappa shape index (κ2) is 3.90. The summed E-state index contributed by atoms with van der Waals surface area (Å²) in [6.07, 6.45) is 7.31. The van der Waals surface area contributed by atoms with Crippen molar-refractivity contribution in [2.75, 3.05) is 6.61 Å². The number of cyclic esters (lactones) is 1. The lowest BCUT2D eigenvalue weighted by molar-refractivity contribution is -0.134. The molecule has 1 aliphatic rings. The van der Waals surface area contributed by atoms with Gasteiger partial charge in [0.15, 0.2) is 0 Å². The molecule has 0 unspecified atom stereocenters. The quantitative estimate of drug-likeness (QED) is 0.461. The number of carbonyl (C=O) groups is 1. The molecule has 0 saturated carbocycles. The van der Waals surface area contributed by atoms with Gasteiger partial charge in [0.05, 0.1) is 0 Å². The Morgan fingerprint density at radius 1 is 1.58 bits per heavy atom. The van der Waals surface area contributed by atoms with Crippen LogP contribution in [0.3, 0.4) is 0 Å². The predicted molar refractivity (Wildman–Crippen MR) is 47.6 cm³/mol. The lowest BCUT2D eigenvalue weighted by Crippen LogP contribution is -1.90. The van der Waals surface area contributed by atoms with Crippen molar-refractivity contribution in [2.45, 2.75) is 13.8 Å². The molecule has 64 valence electrons. The van der Waals surface area contributed by atoms with E-state index in [1.54, 1.807) is 0 Å². The van der Waals surface area contributed by atoms with Crippen molar-refractivity contribution >= 4 is 5.97 Å². The zero-order chi connectivity index (χ0) is 8.97. The Morgan fingerprint density at radius 3 is 2.83 bits per heavy atom. The Balaban J connectivity index is 2.52. The molecule has 0 aromatic carbocycles. The van der Waals surface area contributed by atoms with Crippen LogP contribution in [0.2, 0.25) is 0 Å². The summed E-state index contributed by atoms with van der Waals surface area (Å²) in [5.41, 5.74) is 2.16. The first-order valence-electron chi connectivity index (χ1n) is 3.87. The smallest absolute Gasteiger partial charge is 0.331 e. The fraction of sp³-hybridized carbons (Fsp3) is 0.300. The molecule has 0 N–H and O–H groups in total. The standard InChI is InChI=1S/C10H12O2/c1-8(2)4-3-5-9-6-10(11)12-7-9/h3-6H,7H2,1-2H3/b5-3-. The molecule has 0 fully saturated rings. The lowest BCUT2D eigenvalue weighted by atomic mass is 10.2. The second-order valence-electron chi connectivity index (χ2n) is 2.93. The first-order valence-corrected chi connectivity index (χ1v) is 3.87. The van der Waals surface area contributed by atoms with E-state index in [2.05, 4.69) is 0 Å². The van der Waals surface area contributed by atoms with Gasteiger partial charge in [-0.3, -0.25) is 0 Å². The number of carbonyl (C=O) groups excluding carboxylic acids is 1. The summed E-state index contributed by atoms with van der Waals surface area (Å²) >= 11 is 0. The summed E-state index contributed by atoms with van der Waals surface area (Å²) in [6, 6.07) is 0. The van der Waals surface area contributed by atoms with E-state index < -0.39 is 0 Å². The highest BCUT2D eigenvalue weighted by Crippen LogP contribution is 2.07. The zero-order valence-electron chi connectivity index (χ0n) is 7.33. The largest absolute Gasteiger partial charge is 0.458 e. The highest BCUT2D eigenvalue weighted by molar-refractivity contribution is 5.85. The molecule has 0 amide bonds. The van der Waals surface area contributed by atoms with E-state index in [-0.39, 0.29) is 5.97 Å². The summed E-state index contributed by atoms with van der Waals surface area (Å²) in [4.78, 5) is 10.6. The predicted octanol–water partition coefficient (Wildman–Crippen LogP) is 1.99. The third kappa shape index (κ3) is 2.74. The van der Waals surface area contributed by atoms with Crippen molar-refractivity contribution in [2.24, 2.45) is 0 Å². The van der Waals surface area contributed by atoms with E-state index >= 15 is 0 Å². The van der Waals surface area contributed by atoms with Crippen LogP contribution in [0.5, 0.6) is 0 Å². The minimum Gasteiger partial charge on any atom is -0.458 e. The second-order valence-corrected chi connectivity index (χ2v) is 2.93. The molecule has 2 nitrogen and oxygen atoms in total. The maximum atomic E-state index is 10.6. The van der Waals surface area contributed by atoms with E-state index in [4.69, 9.17) is 4.74 Å². The molecule has 0 aliphatic carbocycles. The van der Waals surface area contributed by atoms with Crippen LogP contribution in [-0.2, 0) is 9.53 Å². The van der Waals surface area contributed by atoms with Crippen molar-refractivity contribution in [3.05, 3.63) is 35.5 Å². The number of ether oxygens (including phenoxy) is 1. The number of hydrogen-bond donors (Lipinski definition) is 0. The molecule has 1 rings (SSSR count). The van der Waals surface area contributed by atoms with Crippen LogP contribution in [0.4, 0.5) is 0 Å². The average Bonchev–Trinajstić information content (AvgIpc) is 2.35. The molecule has 0 saturated heterocycles. The highest BCUT2D eigenvalue weighted by Gasteiger charge is 2.08. The molecule has 0 spiro atoms. The van der Waals surface area contributed by atoms with Gasteiger partial charge in [-0.05, 0) is 19.4 Å². The molecule has 1 heterocycles. The Kier molecular flexibility index (Phi) is 2.86. The number of allylic oxidation sites excluding steroid dienone is 3. The molecule has 0 aromatic rings. The summed E-state index contributed by atoms with van der Waals surface area (Å²) < 4.78 is 4.72. The van der Waals surface area contributed by atoms with Crippen molar-refractivity contribution in [1.29, 1.82) is 0 Å². The average molecular weight is 164 g/mol. The minimum absolute atomic E-state index is 0.244. The molecule has 2 heteroatoms. The van der Waals surface area contributed by atoms with Crippen LogP contribution in [0.15, 0.2) is 35.5 Å². The van der Waals surface area contributed by atoms with Gasteiger partial charge in [-0.25, -0.2) is 4.79 Å². The Morgan fingerprint density at radius 2 is 2.33 bits per heavy atom. The normalized spacial score (nSPS) is 16.2. The summed E-state index contributed by atoms with van der Waals surface area (Å²) in [7, 11) is 0. The van der Waals surface area contributed by atoms with Crippen LogP contribution < -0.4 is 0 Å². The third-order valence-electron chi connectivity index (χ3n) is 1.42. The van der Waals surface area contributed by atoms with Gasteiger partial charge in [-0.2, -0.15) is 0 Å². The maximum Gasteiger partial charge on any atom is 0.331 e. The minimum atomic E-state index is -0.244. The van der Waals surface area contributed by atoms with E-state index in [0.717, 1.165) is 5.57 Å². The van der Waals surface area contributed by atoms with Crippen molar-refractivity contribution in [3.63, 3.8) is 0 Å².